The van der Waals surface area contributed by atoms with E-state index in [-0.39, 0.29) is 17.7 Å². The van der Waals surface area contributed by atoms with Gasteiger partial charge in [0, 0.05) is 18.1 Å². The Labute approximate surface area is 169 Å². The van der Waals surface area contributed by atoms with Crippen molar-refractivity contribution in [3.63, 3.8) is 0 Å². The molecule has 0 radical (unpaired) electrons. The van der Waals surface area contributed by atoms with Gasteiger partial charge in [-0.2, -0.15) is 0 Å². The first-order valence-corrected chi connectivity index (χ1v) is 9.22. The fraction of sp³-hybridized carbons (Fsp3) is 0.182. The molecule has 1 amide bonds. The van der Waals surface area contributed by atoms with Crippen LogP contribution < -0.4 is 10.6 Å². The lowest BCUT2D eigenvalue weighted by atomic mass is 10.1. The third-order valence-corrected chi connectivity index (χ3v) is 4.30. The number of amides is 1. The molecule has 0 saturated carbocycles. The van der Waals surface area contributed by atoms with Crippen LogP contribution >= 0.6 is 0 Å². The summed E-state index contributed by atoms with van der Waals surface area (Å²) in [5.41, 5.74) is 4.02. The summed E-state index contributed by atoms with van der Waals surface area (Å²) in [5, 5.41) is 5.89. The molecule has 3 aromatic rings. The minimum Gasteiger partial charge on any atom is -0.462 e. The molecule has 148 valence electrons. The third kappa shape index (κ3) is 4.76. The SMILES string of the molecule is CCOC(=O)c1ccccc1NC(=O)c1cnc(Nc2c(C)cccc2C)nc1. The first kappa shape index (κ1) is 20.0. The van der Waals surface area contributed by atoms with Gasteiger partial charge in [-0.15, -0.1) is 0 Å². The zero-order chi connectivity index (χ0) is 20.8. The molecule has 29 heavy (non-hydrogen) atoms. The number of benzene rings is 2. The Bertz CT molecular complexity index is 1010. The van der Waals surface area contributed by atoms with Gasteiger partial charge in [0.25, 0.3) is 5.91 Å². The van der Waals surface area contributed by atoms with Gasteiger partial charge < -0.3 is 15.4 Å². The highest BCUT2D eigenvalue weighted by molar-refractivity contribution is 6.07. The van der Waals surface area contributed by atoms with Crippen molar-refractivity contribution in [2.45, 2.75) is 20.8 Å². The second-order valence-electron chi connectivity index (χ2n) is 6.41. The van der Waals surface area contributed by atoms with Crippen LogP contribution in [0.1, 0.15) is 38.8 Å². The number of aromatic nitrogens is 2. The van der Waals surface area contributed by atoms with E-state index in [2.05, 4.69) is 20.6 Å². The first-order valence-electron chi connectivity index (χ1n) is 9.22. The average Bonchev–Trinajstić information content (AvgIpc) is 2.72. The van der Waals surface area contributed by atoms with Crippen LogP contribution in [0.2, 0.25) is 0 Å². The van der Waals surface area contributed by atoms with Crippen molar-refractivity contribution in [3.8, 4) is 0 Å². The molecule has 0 bridgehead atoms. The number of para-hydroxylation sites is 2. The van der Waals surface area contributed by atoms with Crippen molar-refractivity contribution in [3.05, 3.63) is 77.1 Å². The van der Waals surface area contributed by atoms with Gasteiger partial charge in [-0.05, 0) is 44.0 Å². The summed E-state index contributed by atoms with van der Waals surface area (Å²) in [4.78, 5) is 33.1. The van der Waals surface area contributed by atoms with Gasteiger partial charge in [0.15, 0.2) is 0 Å². The summed E-state index contributed by atoms with van der Waals surface area (Å²) >= 11 is 0. The third-order valence-electron chi connectivity index (χ3n) is 4.30. The Morgan fingerprint density at radius 1 is 0.966 bits per heavy atom. The Morgan fingerprint density at radius 3 is 2.28 bits per heavy atom. The number of hydrogen-bond donors (Lipinski definition) is 2. The second-order valence-corrected chi connectivity index (χ2v) is 6.41. The number of aryl methyl sites for hydroxylation is 2. The monoisotopic (exact) mass is 390 g/mol. The standard InChI is InChI=1S/C22H22N4O3/c1-4-29-21(28)17-10-5-6-11-18(17)25-20(27)16-12-23-22(24-13-16)26-19-14(2)8-7-9-15(19)3/h5-13H,4H2,1-3H3,(H,25,27)(H,23,24,26). The molecule has 0 spiro atoms. The molecular formula is C22H22N4O3. The lowest BCUT2D eigenvalue weighted by Crippen LogP contribution is -2.16. The molecule has 0 fully saturated rings. The highest BCUT2D eigenvalue weighted by Crippen LogP contribution is 2.22. The lowest BCUT2D eigenvalue weighted by Gasteiger charge is -2.12. The predicted octanol–water partition coefficient (Wildman–Crippen LogP) is 4.27. The maximum atomic E-state index is 12.6. The molecule has 0 aliphatic heterocycles. The van der Waals surface area contributed by atoms with E-state index < -0.39 is 11.9 Å². The van der Waals surface area contributed by atoms with Crippen LogP contribution in [0.5, 0.6) is 0 Å². The van der Waals surface area contributed by atoms with Crippen molar-refractivity contribution in [2.75, 3.05) is 17.2 Å². The van der Waals surface area contributed by atoms with Gasteiger partial charge in [0.1, 0.15) is 0 Å². The largest absolute Gasteiger partial charge is 0.462 e. The summed E-state index contributed by atoms with van der Waals surface area (Å²) < 4.78 is 5.02. The number of nitrogens with one attached hydrogen (secondary N) is 2. The normalized spacial score (nSPS) is 10.3. The molecule has 7 nitrogen and oxygen atoms in total. The number of rotatable bonds is 6. The number of carbonyl (C=O) groups excluding carboxylic acids is 2. The highest BCUT2D eigenvalue weighted by Gasteiger charge is 2.15. The van der Waals surface area contributed by atoms with Crippen molar-refractivity contribution in [1.82, 2.24) is 9.97 Å². The molecule has 3 rings (SSSR count). The molecule has 0 saturated heterocycles. The predicted molar refractivity (Wildman–Crippen MR) is 112 cm³/mol. The molecule has 2 N–H and O–H groups in total. The summed E-state index contributed by atoms with van der Waals surface area (Å²) in [6.07, 6.45) is 2.87. The zero-order valence-corrected chi connectivity index (χ0v) is 16.5. The lowest BCUT2D eigenvalue weighted by molar-refractivity contribution is 0.0527. The van der Waals surface area contributed by atoms with E-state index in [1.807, 2.05) is 32.0 Å². The maximum Gasteiger partial charge on any atom is 0.340 e. The van der Waals surface area contributed by atoms with E-state index in [1.165, 1.54) is 12.4 Å². The molecule has 1 aromatic heterocycles. The van der Waals surface area contributed by atoms with Gasteiger partial charge in [-0.1, -0.05) is 30.3 Å². The van der Waals surface area contributed by atoms with Crippen LogP contribution in [-0.2, 0) is 4.74 Å². The van der Waals surface area contributed by atoms with E-state index in [0.29, 0.717) is 11.6 Å². The number of hydrogen-bond acceptors (Lipinski definition) is 6. The van der Waals surface area contributed by atoms with Gasteiger partial charge >= 0.3 is 5.97 Å². The molecule has 1 heterocycles. The molecular weight excluding hydrogens is 368 g/mol. The van der Waals surface area contributed by atoms with Crippen LogP contribution in [0.25, 0.3) is 0 Å². The zero-order valence-electron chi connectivity index (χ0n) is 16.5. The number of carbonyl (C=O) groups is 2. The summed E-state index contributed by atoms with van der Waals surface area (Å²) in [7, 11) is 0. The van der Waals surface area contributed by atoms with Gasteiger partial charge in [-0.3, -0.25) is 4.79 Å². The van der Waals surface area contributed by atoms with Gasteiger partial charge in [0.05, 0.1) is 23.4 Å². The van der Waals surface area contributed by atoms with E-state index in [9.17, 15) is 9.59 Å². The number of ether oxygens (including phenoxy) is 1. The van der Waals surface area contributed by atoms with Gasteiger partial charge in [-0.25, -0.2) is 14.8 Å². The average molecular weight is 390 g/mol. The maximum absolute atomic E-state index is 12.6. The second kappa shape index (κ2) is 8.97. The van der Waals surface area contributed by atoms with Crippen LogP contribution in [0, 0.1) is 13.8 Å². The molecule has 0 aliphatic carbocycles. The summed E-state index contributed by atoms with van der Waals surface area (Å²) in [5.74, 6) is -0.515. The Morgan fingerprint density at radius 2 is 1.62 bits per heavy atom. The van der Waals surface area contributed by atoms with Crippen LogP contribution in [0.15, 0.2) is 54.9 Å². The Kier molecular flexibility index (Phi) is 6.19. The Hall–Kier alpha value is -3.74. The quantitative estimate of drug-likeness (QED) is 0.611. The summed E-state index contributed by atoms with van der Waals surface area (Å²) in [6.45, 7) is 5.98. The summed E-state index contributed by atoms with van der Waals surface area (Å²) in [6, 6.07) is 12.7. The van der Waals surface area contributed by atoms with Crippen molar-refractivity contribution in [2.24, 2.45) is 0 Å². The minimum atomic E-state index is -0.493. The van der Waals surface area contributed by atoms with E-state index in [1.54, 1.807) is 31.2 Å². The topological polar surface area (TPSA) is 93.2 Å². The van der Waals surface area contributed by atoms with Crippen molar-refractivity contribution < 1.29 is 14.3 Å². The molecule has 0 aliphatic rings. The van der Waals surface area contributed by atoms with Crippen molar-refractivity contribution >= 4 is 29.2 Å². The van der Waals surface area contributed by atoms with E-state index in [4.69, 9.17) is 4.74 Å². The van der Waals surface area contributed by atoms with E-state index >= 15 is 0 Å². The Balaban J connectivity index is 1.74. The highest BCUT2D eigenvalue weighted by atomic mass is 16.5. The van der Waals surface area contributed by atoms with Crippen LogP contribution in [0.4, 0.5) is 17.3 Å². The fourth-order valence-electron chi connectivity index (χ4n) is 2.81. The molecule has 2 aromatic carbocycles. The molecule has 0 atom stereocenters. The number of nitrogens with zero attached hydrogens (tertiary/aromatic N) is 2. The minimum absolute atomic E-state index is 0.254. The van der Waals surface area contributed by atoms with Crippen LogP contribution in [-0.4, -0.2) is 28.5 Å². The van der Waals surface area contributed by atoms with Crippen molar-refractivity contribution in [1.29, 1.82) is 0 Å². The number of anilines is 3. The molecule has 7 heteroatoms. The smallest absolute Gasteiger partial charge is 0.340 e. The van der Waals surface area contributed by atoms with Gasteiger partial charge in [0.2, 0.25) is 5.95 Å². The fourth-order valence-corrected chi connectivity index (χ4v) is 2.81. The first-order chi connectivity index (χ1) is 14.0. The van der Waals surface area contributed by atoms with E-state index in [0.717, 1.165) is 16.8 Å². The number of esters is 1. The van der Waals surface area contributed by atoms with Crippen LogP contribution in [0.3, 0.4) is 0 Å². The molecule has 0 unspecified atom stereocenters.